The van der Waals surface area contributed by atoms with Crippen molar-refractivity contribution in [3.8, 4) is 0 Å². The lowest BCUT2D eigenvalue weighted by Crippen LogP contribution is -2.43. The van der Waals surface area contributed by atoms with Crippen molar-refractivity contribution in [3.63, 3.8) is 0 Å². The van der Waals surface area contributed by atoms with Gasteiger partial charge in [-0.3, -0.25) is 9.59 Å². The van der Waals surface area contributed by atoms with Gasteiger partial charge in [0.25, 0.3) is 9.70 Å². The second kappa shape index (κ2) is 9.78. The van der Waals surface area contributed by atoms with E-state index in [4.69, 9.17) is 39.5 Å². The molecule has 1 saturated heterocycles. The van der Waals surface area contributed by atoms with Gasteiger partial charge in [0.15, 0.2) is 0 Å². The van der Waals surface area contributed by atoms with Crippen LogP contribution in [0, 0.1) is 5.92 Å². The zero-order valence-electron chi connectivity index (χ0n) is 15.7. The van der Waals surface area contributed by atoms with Crippen LogP contribution in [0.4, 0.5) is 9.18 Å². The van der Waals surface area contributed by atoms with E-state index in [0.717, 1.165) is 16.5 Å². The number of alkyl halides is 3. The largest absolute Gasteiger partial charge is 0.447 e. The number of hydrogen-bond acceptors (Lipinski definition) is 4. The number of benzene rings is 1. The number of ether oxygens (including phenoxy) is 1. The number of halogens is 4. The Morgan fingerprint density at radius 2 is 1.93 bits per heavy atom. The highest BCUT2D eigenvalue weighted by atomic mass is 35.6. The van der Waals surface area contributed by atoms with Crippen LogP contribution in [0.5, 0.6) is 0 Å². The van der Waals surface area contributed by atoms with Gasteiger partial charge in [-0.2, -0.15) is 0 Å². The van der Waals surface area contributed by atoms with Gasteiger partial charge in [-0.15, -0.1) is 0 Å². The number of carbonyl (C=O) groups excluding carboxylic acids is 3. The SMILES string of the molecule is C[C@H](NC(=O)C(Cl)(Cl)Cl)/C(F)=C/[C@H](C)C(=O)N1C(=O)OC[C@H]1Cc1ccccc1. The Labute approximate surface area is 182 Å². The first kappa shape index (κ1) is 23.4. The monoisotopic (exact) mass is 464 g/mol. The fourth-order valence-electron chi connectivity index (χ4n) is 2.79. The maximum Gasteiger partial charge on any atom is 0.417 e. The fraction of sp³-hybridized carbons (Fsp3) is 0.421. The van der Waals surface area contributed by atoms with Crippen molar-refractivity contribution in [1.29, 1.82) is 0 Å². The summed E-state index contributed by atoms with van der Waals surface area (Å²) in [5.74, 6) is -3.39. The molecular formula is C19H20Cl3FN2O4. The molecule has 6 nitrogen and oxygen atoms in total. The van der Waals surface area contributed by atoms with E-state index >= 15 is 0 Å². The Morgan fingerprint density at radius 3 is 2.52 bits per heavy atom. The third-order valence-electron chi connectivity index (χ3n) is 4.33. The van der Waals surface area contributed by atoms with Crippen molar-refractivity contribution >= 4 is 52.7 Å². The van der Waals surface area contributed by atoms with Crippen LogP contribution < -0.4 is 5.32 Å². The van der Waals surface area contributed by atoms with Gasteiger partial charge >= 0.3 is 6.09 Å². The molecule has 0 aliphatic carbocycles. The summed E-state index contributed by atoms with van der Waals surface area (Å²) in [6, 6.07) is 7.71. The Kier molecular flexibility index (Phi) is 7.91. The van der Waals surface area contributed by atoms with Crippen LogP contribution in [0.15, 0.2) is 42.2 Å². The van der Waals surface area contributed by atoms with Gasteiger partial charge in [0.2, 0.25) is 5.91 Å². The van der Waals surface area contributed by atoms with E-state index in [2.05, 4.69) is 5.32 Å². The molecule has 10 heteroatoms. The molecule has 1 aromatic carbocycles. The normalized spacial score (nSPS) is 19.5. The molecule has 1 aromatic rings. The number of carbonyl (C=O) groups is 3. The topological polar surface area (TPSA) is 75.7 Å². The molecule has 0 unspecified atom stereocenters. The lowest BCUT2D eigenvalue weighted by molar-refractivity contribution is -0.131. The van der Waals surface area contributed by atoms with Crippen molar-refractivity contribution in [3.05, 3.63) is 47.8 Å². The minimum Gasteiger partial charge on any atom is -0.447 e. The summed E-state index contributed by atoms with van der Waals surface area (Å²) in [4.78, 5) is 37.5. The summed E-state index contributed by atoms with van der Waals surface area (Å²) in [6.07, 6.45) is 0.665. The van der Waals surface area contributed by atoms with Crippen LogP contribution in [0.2, 0.25) is 0 Å². The molecule has 0 saturated carbocycles. The molecule has 1 aliphatic heterocycles. The van der Waals surface area contributed by atoms with Gasteiger partial charge in [0, 0.05) is 0 Å². The van der Waals surface area contributed by atoms with Crippen molar-refractivity contribution in [1.82, 2.24) is 10.2 Å². The first-order valence-electron chi connectivity index (χ1n) is 8.79. The van der Waals surface area contributed by atoms with Gasteiger partial charge in [-0.25, -0.2) is 14.1 Å². The van der Waals surface area contributed by atoms with Crippen LogP contribution in [-0.2, 0) is 20.7 Å². The molecule has 3 amide bonds. The first-order chi connectivity index (χ1) is 13.5. The fourth-order valence-corrected chi connectivity index (χ4v) is 2.95. The van der Waals surface area contributed by atoms with Crippen molar-refractivity contribution < 1.29 is 23.5 Å². The van der Waals surface area contributed by atoms with Gasteiger partial charge in [0.05, 0.1) is 18.0 Å². The molecule has 0 radical (unpaired) electrons. The highest BCUT2D eigenvalue weighted by Crippen LogP contribution is 2.27. The minimum absolute atomic E-state index is 0.0636. The molecule has 1 heterocycles. The lowest BCUT2D eigenvalue weighted by atomic mass is 10.0. The number of hydrogen-bond donors (Lipinski definition) is 1. The summed E-state index contributed by atoms with van der Waals surface area (Å²) < 4.78 is 17.2. The predicted octanol–water partition coefficient (Wildman–Crippen LogP) is 3.94. The summed E-state index contributed by atoms with van der Waals surface area (Å²) in [5.41, 5.74) is 0.936. The summed E-state index contributed by atoms with van der Waals surface area (Å²) in [6.45, 7) is 2.84. The number of amides is 3. The van der Waals surface area contributed by atoms with Crippen LogP contribution in [0.3, 0.4) is 0 Å². The van der Waals surface area contributed by atoms with E-state index in [0.29, 0.717) is 6.42 Å². The number of nitrogens with one attached hydrogen (secondary N) is 1. The molecule has 1 aliphatic rings. The van der Waals surface area contributed by atoms with Crippen LogP contribution >= 0.6 is 34.8 Å². The van der Waals surface area contributed by atoms with Crippen molar-refractivity contribution in [2.45, 2.75) is 36.1 Å². The van der Waals surface area contributed by atoms with Crippen molar-refractivity contribution in [2.75, 3.05) is 6.61 Å². The van der Waals surface area contributed by atoms with E-state index in [9.17, 15) is 18.8 Å². The Balaban J connectivity index is 2.07. The highest BCUT2D eigenvalue weighted by molar-refractivity contribution is 6.76. The van der Waals surface area contributed by atoms with Gasteiger partial charge in [-0.1, -0.05) is 65.1 Å². The highest BCUT2D eigenvalue weighted by Gasteiger charge is 2.39. The van der Waals surface area contributed by atoms with Crippen molar-refractivity contribution in [2.24, 2.45) is 5.92 Å². The zero-order chi connectivity index (χ0) is 21.8. The third kappa shape index (κ3) is 6.32. The molecular weight excluding hydrogens is 446 g/mol. The molecule has 2 rings (SSSR count). The predicted molar refractivity (Wildman–Crippen MR) is 108 cm³/mol. The summed E-state index contributed by atoms with van der Waals surface area (Å²) >= 11 is 16.3. The third-order valence-corrected chi connectivity index (χ3v) is 4.85. The number of nitrogens with zero attached hydrogens (tertiary/aromatic N) is 1. The summed E-state index contributed by atoms with van der Waals surface area (Å²) in [5, 5.41) is 2.19. The molecule has 0 bridgehead atoms. The second-order valence-corrected chi connectivity index (χ2v) is 8.94. The maximum atomic E-state index is 14.4. The average molecular weight is 466 g/mol. The maximum absolute atomic E-state index is 14.4. The molecule has 158 valence electrons. The lowest BCUT2D eigenvalue weighted by Gasteiger charge is -2.22. The molecule has 1 fully saturated rings. The Bertz CT molecular complexity index is 798. The Morgan fingerprint density at radius 1 is 1.31 bits per heavy atom. The molecule has 3 atom stereocenters. The standard InChI is InChI=1S/C19H20Cl3FN2O4/c1-11(8-15(23)12(2)24-17(27)19(20,21)22)16(26)25-14(10-29-18(25)28)9-13-6-4-3-5-7-13/h3-8,11-12,14H,9-10H2,1-2H3,(H,24,27)/b15-8-/t11-,12-,14+/m0/s1. The second-order valence-electron chi connectivity index (χ2n) is 6.66. The molecule has 1 N–H and O–H groups in total. The van der Waals surface area contributed by atoms with Gasteiger partial charge < -0.3 is 10.1 Å². The quantitative estimate of drug-likeness (QED) is 0.646. The zero-order valence-corrected chi connectivity index (χ0v) is 18.0. The smallest absolute Gasteiger partial charge is 0.417 e. The van der Waals surface area contributed by atoms with E-state index in [1.165, 1.54) is 13.8 Å². The summed E-state index contributed by atoms with van der Waals surface area (Å²) in [7, 11) is 0. The number of rotatable bonds is 6. The first-order valence-corrected chi connectivity index (χ1v) is 9.92. The van der Waals surface area contributed by atoms with Crippen LogP contribution in [0.1, 0.15) is 19.4 Å². The minimum atomic E-state index is -2.24. The van der Waals surface area contributed by atoms with E-state index in [-0.39, 0.29) is 6.61 Å². The Hall–Kier alpha value is -1.83. The molecule has 0 aromatic heterocycles. The van der Waals surface area contributed by atoms with E-state index < -0.39 is 45.5 Å². The molecule has 0 spiro atoms. The van der Waals surface area contributed by atoms with Gasteiger partial charge in [0.1, 0.15) is 12.4 Å². The van der Waals surface area contributed by atoms with Crippen LogP contribution in [0.25, 0.3) is 0 Å². The van der Waals surface area contributed by atoms with Crippen LogP contribution in [-0.4, -0.2) is 45.3 Å². The number of cyclic esters (lactones) is 1. The average Bonchev–Trinajstić information content (AvgIpc) is 3.01. The number of imide groups is 1. The molecule has 29 heavy (non-hydrogen) atoms. The van der Waals surface area contributed by atoms with E-state index in [1.54, 1.807) is 0 Å². The van der Waals surface area contributed by atoms with E-state index in [1.807, 2.05) is 30.3 Å². The van der Waals surface area contributed by atoms with Gasteiger partial charge in [-0.05, 0) is 31.9 Å².